The molecule has 3 aromatic rings. The van der Waals surface area contributed by atoms with E-state index in [9.17, 15) is 18.9 Å². The highest BCUT2D eigenvalue weighted by molar-refractivity contribution is 7.55. The fourth-order valence-electron chi connectivity index (χ4n) is 4.54. The molecule has 0 bridgehead atoms. The Morgan fingerprint density at radius 1 is 0.953 bits per heavy atom. The summed E-state index contributed by atoms with van der Waals surface area (Å²) in [4.78, 5) is 39.5. The molecule has 14 heteroatoms. The zero-order chi connectivity index (χ0) is 31.1. The topological polar surface area (TPSA) is 141 Å². The van der Waals surface area contributed by atoms with Gasteiger partial charge in [-0.2, -0.15) is 9.55 Å². The van der Waals surface area contributed by atoms with Crippen molar-refractivity contribution in [3.05, 3.63) is 76.0 Å². The van der Waals surface area contributed by atoms with E-state index in [0.29, 0.717) is 0 Å². The molecule has 0 aliphatic heterocycles. The average molecular weight is 650 g/mol. The molecule has 1 heterocycles. The molecule has 4 rings (SSSR count). The summed E-state index contributed by atoms with van der Waals surface area (Å²) in [6, 6.07) is 11.7. The molecule has 230 valence electrons. The Morgan fingerprint density at radius 2 is 1.60 bits per heavy atom. The molecule has 1 unspecified atom stereocenters. The van der Waals surface area contributed by atoms with Crippen LogP contribution in [0.3, 0.4) is 0 Å². The van der Waals surface area contributed by atoms with Crippen LogP contribution < -0.4 is 20.2 Å². The van der Waals surface area contributed by atoms with Gasteiger partial charge in [0.2, 0.25) is 0 Å². The van der Waals surface area contributed by atoms with E-state index in [0.717, 1.165) is 36.6 Å². The second-order valence-electron chi connectivity index (χ2n) is 10.4. The lowest BCUT2D eigenvalue weighted by Crippen LogP contribution is -2.38. The van der Waals surface area contributed by atoms with E-state index in [-0.39, 0.29) is 38.8 Å². The number of carbonyl (C=O) groups is 3. The standard InChI is InChI=1S/C29H34Cl2N5O6P/c1-18(2)41-29(39)19(3)35-43(40,42-21-13-8-5-9-14-21)36-17-24(33-27(37)25-22(30)15-10-16-23(25)31)26(34-36)28(38)32-20-11-6-4-7-12-20/h5,8-10,13-20H,4,6-7,11-12H2,1-3H3,(H,32,38)(H,33,37)(H,35,40)/t19-,43?/m0/s1. The van der Waals surface area contributed by atoms with Crippen LogP contribution in [0.5, 0.6) is 5.75 Å². The van der Waals surface area contributed by atoms with Gasteiger partial charge in [0.1, 0.15) is 11.8 Å². The van der Waals surface area contributed by atoms with E-state index < -0.39 is 37.6 Å². The Balaban J connectivity index is 1.75. The number of benzene rings is 2. The molecular formula is C29H34Cl2N5O6P. The van der Waals surface area contributed by atoms with Gasteiger partial charge in [0.15, 0.2) is 5.69 Å². The van der Waals surface area contributed by atoms with E-state index in [4.69, 9.17) is 32.5 Å². The smallest absolute Gasteiger partial charge is 0.440 e. The first-order valence-corrected chi connectivity index (χ1v) is 16.3. The van der Waals surface area contributed by atoms with E-state index in [1.54, 1.807) is 50.2 Å². The summed E-state index contributed by atoms with van der Waals surface area (Å²) >= 11 is 12.5. The van der Waals surface area contributed by atoms with Crippen LogP contribution in [0.25, 0.3) is 0 Å². The third kappa shape index (κ3) is 8.38. The van der Waals surface area contributed by atoms with Crippen molar-refractivity contribution < 1.29 is 28.2 Å². The number of rotatable bonds is 11. The van der Waals surface area contributed by atoms with Crippen LogP contribution in [0, 0.1) is 0 Å². The number of halogens is 2. The van der Waals surface area contributed by atoms with Crippen molar-refractivity contribution in [3.63, 3.8) is 0 Å². The summed E-state index contributed by atoms with van der Waals surface area (Å²) in [5.41, 5.74) is -0.285. The van der Waals surface area contributed by atoms with Crippen molar-refractivity contribution in [2.45, 2.75) is 71.1 Å². The quantitative estimate of drug-likeness (QED) is 0.159. The van der Waals surface area contributed by atoms with Gasteiger partial charge >= 0.3 is 13.6 Å². The molecule has 43 heavy (non-hydrogen) atoms. The number of amides is 2. The highest BCUT2D eigenvalue weighted by Crippen LogP contribution is 2.45. The first kappa shape index (κ1) is 32.5. The third-order valence-electron chi connectivity index (χ3n) is 6.60. The monoisotopic (exact) mass is 649 g/mol. The van der Waals surface area contributed by atoms with Crippen LogP contribution in [-0.4, -0.2) is 45.5 Å². The highest BCUT2D eigenvalue weighted by Gasteiger charge is 2.36. The fraction of sp³-hybridized carbons (Fsp3) is 0.379. The number of hydrogen-bond donors (Lipinski definition) is 3. The normalized spacial score (nSPS) is 15.8. The summed E-state index contributed by atoms with van der Waals surface area (Å²) in [5.74, 6) is -1.75. The van der Waals surface area contributed by atoms with Crippen molar-refractivity contribution in [2.75, 3.05) is 5.32 Å². The Morgan fingerprint density at radius 3 is 2.23 bits per heavy atom. The highest BCUT2D eigenvalue weighted by atomic mass is 35.5. The number of carbonyl (C=O) groups excluding carboxylic acids is 3. The molecule has 1 aromatic heterocycles. The number of ether oxygens (including phenoxy) is 1. The maximum Gasteiger partial charge on any atom is 0.440 e. The van der Waals surface area contributed by atoms with Crippen LogP contribution in [-0.2, 0) is 14.1 Å². The van der Waals surface area contributed by atoms with Gasteiger partial charge in [-0.3, -0.25) is 14.4 Å². The fourth-order valence-corrected chi connectivity index (χ4v) is 6.84. The van der Waals surface area contributed by atoms with Crippen LogP contribution in [0.15, 0.2) is 54.7 Å². The molecule has 2 amide bonds. The van der Waals surface area contributed by atoms with Crippen molar-refractivity contribution in [3.8, 4) is 5.75 Å². The number of aromatic nitrogens is 2. The predicted octanol–water partition coefficient (Wildman–Crippen LogP) is 6.47. The number of nitrogens with one attached hydrogen (secondary N) is 3. The molecule has 0 radical (unpaired) electrons. The summed E-state index contributed by atoms with van der Waals surface area (Å²) in [6.45, 7) is 4.85. The van der Waals surface area contributed by atoms with Gasteiger partial charge in [0, 0.05) is 6.04 Å². The second-order valence-corrected chi connectivity index (χ2v) is 13.1. The minimum Gasteiger partial charge on any atom is -0.462 e. The molecule has 11 nitrogen and oxygen atoms in total. The first-order valence-electron chi connectivity index (χ1n) is 14.0. The van der Waals surface area contributed by atoms with E-state index in [1.807, 2.05) is 0 Å². The molecular weight excluding hydrogens is 616 g/mol. The van der Waals surface area contributed by atoms with Crippen LogP contribution in [0.2, 0.25) is 10.0 Å². The predicted molar refractivity (Wildman–Crippen MR) is 165 cm³/mol. The molecule has 2 atom stereocenters. The van der Waals surface area contributed by atoms with Crippen LogP contribution >= 0.6 is 30.9 Å². The van der Waals surface area contributed by atoms with Gasteiger partial charge in [-0.25, -0.2) is 9.65 Å². The van der Waals surface area contributed by atoms with Crippen LogP contribution in [0.4, 0.5) is 5.69 Å². The van der Waals surface area contributed by atoms with Gasteiger partial charge in [0.25, 0.3) is 11.8 Å². The lowest BCUT2D eigenvalue weighted by Gasteiger charge is -2.23. The molecule has 3 N–H and O–H groups in total. The van der Waals surface area contributed by atoms with Gasteiger partial charge in [-0.1, -0.05) is 66.7 Å². The molecule has 1 saturated carbocycles. The average Bonchev–Trinajstić information content (AvgIpc) is 3.38. The summed E-state index contributed by atoms with van der Waals surface area (Å²) in [5, 5.41) is 12.8. The maximum absolute atomic E-state index is 14.5. The van der Waals surface area contributed by atoms with E-state index >= 15 is 0 Å². The molecule has 2 aromatic carbocycles. The zero-order valence-electron chi connectivity index (χ0n) is 24.0. The van der Waals surface area contributed by atoms with Crippen molar-refractivity contribution in [1.29, 1.82) is 0 Å². The van der Waals surface area contributed by atoms with E-state index in [1.165, 1.54) is 25.3 Å². The number of anilines is 1. The minimum atomic E-state index is -4.30. The zero-order valence-corrected chi connectivity index (χ0v) is 26.4. The SMILES string of the molecule is CC(C)OC(=O)[C@H](C)NP(=O)(Oc1ccccc1)n1cc(NC(=O)c2c(Cl)cccc2Cl)c(C(=O)NC2CCCCC2)n1. The Bertz CT molecular complexity index is 1490. The van der Waals surface area contributed by atoms with E-state index in [2.05, 4.69) is 20.8 Å². The molecule has 1 aliphatic rings. The molecule has 0 saturated heterocycles. The maximum atomic E-state index is 14.5. The van der Waals surface area contributed by atoms with Gasteiger partial charge in [0.05, 0.1) is 33.6 Å². The number of hydrogen-bond acceptors (Lipinski definition) is 7. The lowest BCUT2D eigenvalue weighted by atomic mass is 9.95. The Labute approximate surface area is 260 Å². The van der Waals surface area contributed by atoms with Crippen molar-refractivity contribution in [1.82, 2.24) is 20.0 Å². The van der Waals surface area contributed by atoms with Crippen LogP contribution in [0.1, 0.15) is 73.7 Å². The minimum absolute atomic E-state index is 0.0101. The van der Waals surface area contributed by atoms with Crippen molar-refractivity contribution >= 4 is 54.3 Å². The van der Waals surface area contributed by atoms with Gasteiger partial charge in [-0.15, -0.1) is 0 Å². The molecule has 1 aliphatic carbocycles. The first-order chi connectivity index (χ1) is 20.5. The number of esters is 1. The van der Waals surface area contributed by atoms with Crippen molar-refractivity contribution in [2.24, 2.45) is 0 Å². The Kier molecular flexibility index (Phi) is 10.9. The molecule has 0 spiro atoms. The largest absolute Gasteiger partial charge is 0.462 e. The third-order valence-corrected chi connectivity index (χ3v) is 9.15. The number of nitrogens with zero attached hydrogens (tertiary/aromatic N) is 2. The summed E-state index contributed by atoms with van der Waals surface area (Å²) < 4.78 is 26.6. The second kappa shape index (κ2) is 14.4. The number of para-hydroxylation sites is 1. The Hall–Kier alpha value is -3.37. The molecule has 1 fully saturated rings. The summed E-state index contributed by atoms with van der Waals surface area (Å²) in [7, 11) is -4.30. The van der Waals surface area contributed by atoms with Gasteiger partial charge in [-0.05, 0) is 57.9 Å². The summed E-state index contributed by atoms with van der Waals surface area (Å²) in [6.07, 6.45) is 5.43. The van der Waals surface area contributed by atoms with Gasteiger partial charge < -0.3 is 19.9 Å². The lowest BCUT2D eigenvalue weighted by molar-refractivity contribution is -0.149.